The number of hydrogen-bond donors (Lipinski definition) is 1. The van der Waals surface area contributed by atoms with Gasteiger partial charge in [-0.2, -0.15) is 0 Å². The van der Waals surface area contributed by atoms with Crippen LogP contribution in [0.4, 0.5) is 0 Å². The maximum absolute atomic E-state index is 13.4. The zero-order valence-electron chi connectivity index (χ0n) is 18.3. The van der Waals surface area contributed by atoms with Crippen LogP contribution >= 0.6 is 34.8 Å². The lowest BCUT2D eigenvalue weighted by Crippen LogP contribution is -2.51. The molecule has 1 aliphatic carbocycles. The van der Waals surface area contributed by atoms with E-state index in [0.717, 1.165) is 36.8 Å². The van der Waals surface area contributed by atoms with E-state index >= 15 is 0 Å². The molecule has 0 bridgehead atoms. The molecule has 2 amide bonds. The van der Waals surface area contributed by atoms with E-state index in [0.29, 0.717) is 21.5 Å². The number of benzene rings is 2. The summed E-state index contributed by atoms with van der Waals surface area (Å²) < 4.78 is 0. The zero-order valence-corrected chi connectivity index (χ0v) is 20.5. The molecule has 1 saturated carbocycles. The fourth-order valence-electron chi connectivity index (χ4n) is 4.18. The molecule has 1 atom stereocenters. The van der Waals surface area contributed by atoms with Crippen molar-refractivity contribution in [3.63, 3.8) is 0 Å². The van der Waals surface area contributed by atoms with E-state index in [2.05, 4.69) is 5.32 Å². The van der Waals surface area contributed by atoms with Gasteiger partial charge in [-0.25, -0.2) is 0 Å². The minimum atomic E-state index is -0.564. The van der Waals surface area contributed by atoms with Gasteiger partial charge < -0.3 is 10.2 Å². The van der Waals surface area contributed by atoms with Crippen molar-refractivity contribution in [2.45, 2.75) is 70.5 Å². The summed E-state index contributed by atoms with van der Waals surface area (Å²) in [7, 11) is 0. The largest absolute Gasteiger partial charge is 0.352 e. The van der Waals surface area contributed by atoms with Crippen LogP contribution in [0.3, 0.4) is 0 Å². The highest BCUT2D eigenvalue weighted by Crippen LogP contribution is 2.25. The third-order valence-electron chi connectivity index (χ3n) is 5.94. The monoisotopic (exact) mass is 494 g/mol. The molecular weight excluding hydrogens is 467 g/mol. The number of hydrogen-bond acceptors (Lipinski definition) is 2. The first-order valence-corrected chi connectivity index (χ1v) is 12.3. The Morgan fingerprint density at radius 2 is 1.62 bits per heavy atom. The lowest BCUT2D eigenvalue weighted by Gasteiger charge is -2.33. The molecule has 2 aromatic carbocycles. The van der Waals surface area contributed by atoms with E-state index in [-0.39, 0.29) is 30.8 Å². The number of amides is 2. The average Bonchev–Trinajstić information content (AvgIpc) is 2.78. The van der Waals surface area contributed by atoms with E-state index in [1.54, 1.807) is 29.2 Å². The summed E-state index contributed by atoms with van der Waals surface area (Å²) in [6, 6.07) is 12.1. The van der Waals surface area contributed by atoms with Crippen molar-refractivity contribution in [1.82, 2.24) is 10.2 Å². The van der Waals surface area contributed by atoms with Gasteiger partial charge in [0.2, 0.25) is 11.8 Å². The van der Waals surface area contributed by atoms with Gasteiger partial charge in [0, 0.05) is 17.6 Å². The summed E-state index contributed by atoms with van der Waals surface area (Å²) in [6.45, 7) is 2.21. The molecule has 0 heterocycles. The molecule has 4 nitrogen and oxygen atoms in total. The third kappa shape index (κ3) is 6.87. The van der Waals surface area contributed by atoms with Gasteiger partial charge in [0.15, 0.2) is 0 Å². The van der Waals surface area contributed by atoms with Gasteiger partial charge in [-0.1, -0.05) is 79.2 Å². The Bertz CT molecular complexity index is 927. The number of nitrogens with zero attached hydrogens (tertiary/aromatic N) is 1. The smallest absolute Gasteiger partial charge is 0.243 e. The van der Waals surface area contributed by atoms with Gasteiger partial charge in [-0.05, 0) is 54.7 Å². The van der Waals surface area contributed by atoms with Crippen LogP contribution in [0.1, 0.15) is 56.6 Å². The topological polar surface area (TPSA) is 49.4 Å². The minimum absolute atomic E-state index is 0.0936. The van der Waals surface area contributed by atoms with Crippen molar-refractivity contribution in [3.8, 4) is 0 Å². The Labute approximate surface area is 205 Å². The Hall–Kier alpha value is -1.75. The Balaban J connectivity index is 1.82. The molecule has 0 saturated heterocycles. The quantitative estimate of drug-likeness (QED) is 0.458. The van der Waals surface area contributed by atoms with Crippen LogP contribution in [-0.2, 0) is 22.6 Å². The van der Waals surface area contributed by atoms with E-state index < -0.39 is 6.04 Å². The predicted molar refractivity (Wildman–Crippen MR) is 131 cm³/mol. The Morgan fingerprint density at radius 1 is 0.969 bits per heavy atom. The van der Waals surface area contributed by atoms with Crippen LogP contribution in [0.2, 0.25) is 15.1 Å². The normalized spacial score (nSPS) is 15.2. The lowest BCUT2D eigenvalue weighted by molar-refractivity contribution is -0.141. The molecule has 7 heteroatoms. The maximum atomic E-state index is 13.4. The Morgan fingerprint density at radius 3 is 2.25 bits per heavy atom. The van der Waals surface area contributed by atoms with E-state index in [4.69, 9.17) is 34.8 Å². The maximum Gasteiger partial charge on any atom is 0.243 e. The summed E-state index contributed by atoms with van der Waals surface area (Å²) >= 11 is 18.2. The van der Waals surface area contributed by atoms with Crippen LogP contribution in [0.25, 0.3) is 0 Å². The molecule has 0 aromatic heterocycles. The lowest BCUT2D eigenvalue weighted by atomic mass is 9.95. The summed E-state index contributed by atoms with van der Waals surface area (Å²) in [5, 5.41) is 4.68. The fourth-order valence-corrected chi connectivity index (χ4v) is 4.62. The number of carbonyl (C=O) groups excluding carboxylic acids is 2. The molecule has 1 fully saturated rings. The second kappa shape index (κ2) is 11.9. The third-order valence-corrected chi connectivity index (χ3v) is 6.93. The SMILES string of the molecule is CC[C@H](C(=O)NC1CCCCC1)N(Cc1ccc(Cl)c(Cl)c1)C(=O)Cc1ccc(Cl)cc1. The number of nitrogens with one attached hydrogen (secondary N) is 1. The highest BCUT2D eigenvalue weighted by Gasteiger charge is 2.30. The zero-order chi connectivity index (χ0) is 23.1. The summed E-state index contributed by atoms with van der Waals surface area (Å²) in [5.74, 6) is -0.215. The van der Waals surface area contributed by atoms with E-state index in [1.807, 2.05) is 25.1 Å². The molecule has 1 N–H and O–H groups in total. The van der Waals surface area contributed by atoms with Crippen LogP contribution < -0.4 is 5.32 Å². The van der Waals surface area contributed by atoms with E-state index in [9.17, 15) is 9.59 Å². The molecule has 3 rings (SSSR count). The van der Waals surface area contributed by atoms with Gasteiger partial charge in [0.05, 0.1) is 16.5 Å². The standard InChI is InChI=1S/C25H29Cl3N2O2/c1-2-23(25(32)29-20-6-4-3-5-7-20)30(16-18-10-13-21(27)22(28)14-18)24(31)15-17-8-11-19(26)12-9-17/h8-14,20,23H,2-7,15-16H2,1H3,(H,29,32)/t23-/m1/s1. The van der Waals surface area contributed by atoms with Crippen molar-refractivity contribution in [3.05, 3.63) is 68.7 Å². The summed E-state index contributed by atoms with van der Waals surface area (Å²) in [6.07, 6.45) is 6.17. The van der Waals surface area contributed by atoms with Crippen LogP contribution in [0.15, 0.2) is 42.5 Å². The Kier molecular flexibility index (Phi) is 9.27. The molecule has 0 spiro atoms. The fraction of sp³-hybridized carbons (Fsp3) is 0.440. The van der Waals surface area contributed by atoms with Crippen molar-refractivity contribution < 1.29 is 9.59 Å². The molecule has 172 valence electrons. The van der Waals surface area contributed by atoms with Crippen molar-refractivity contribution >= 4 is 46.6 Å². The number of carbonyl (C=O) groups is 2. The number of halogens is 3. The van der Waals surface area contributed by atoms with Crippen molar-refractivity contribution in [2.75, 3.05) is 0 Å². The van der Waals surface area contributed by atoms with Crippen LogP contribution in [0, 0.1) is 0 Å². The van der Waals surface area contributed by atoms with Crippen LogP contribution in [0.5, 0.6) is 0 Å². The van der Waals surface area contributed by atoms with Crippen molar-refractivity contribution in [1.29, 1.82) is 0 Å². The summed E-state index contributed by atoms with van der Waals surface area (Å²) in [4.78, 5) is 28.3. The molecule has 0 aliphatic heterocycles. The van der Waals surface area contributed by atoms with Gasteiger partial charge in [0.25, 0.3) is 0 Å². The van der Waals surface area contributed by atoms with Gasteiger partial charge in [0.1, 0.15) is 6.04 Å². The van der Waals surface area contributed by atoms with Crippen LogP contribution in [-0.4, -0.2) is 28.8 Å². The van der Waals surface area contributed by atoms with Gasteiger partial charge in [-0.3, -0.25) is 9.59 Å². The average molecular weight is 496 g/mol. The predicted octanol–water partition coefficient (Wildman–Crippen LogP) is 6.45. The van der Waals surface area contributed by atoms with Gasteiger partial charge in [-0.15, -0.1) is 0 Å². The minimum Gasteiger partial charge on any atom is -0.352 e. The molecule has 32 heavy (non-hydrogen) atoms. The van der Waals surface area contributed by atoms with E-state index in [1.165, 1.54) is 6.42 Å². The van der Waals surface area contributed by atoms with Crippen molar-refractivity contribution in [2.24, 2.45) is 0 Å². The number of rotatable bonds is 8. The first-order chi connectivity index (χ1) is 15.4. The summed E-state index contributed by atoms with van der Waals surface area (Å²) in [5.41, 5.74) is 1.67. The molecule has 0 unspecified atom stereocenters. The first kappa shape index (κ1) is 24.9. The van der Waals surface area contributed by atoms with Gasteiger partial charge >= 0.3 is 0 Å². The highest BCUT2D eigenvalue weighted by molar-refractivity contribution is 6.42. The molecule has 2 aromatic rings. The second-order valence-corrected chi connectivity index (χ2v) is 9.59. The second-order valence-electron chi connectivity index (χ2n) is 8.34. The molecular formula is C25H29Cl3N2O2. The highest BCUT2D eigenvalue weighted by atomic mass is 35.5. The molecule has 0 radical (unpaired) electrons. The first-order valence-electron chi connectivity index (χ1n) is 11.2. The molecule has 1 aliphatic rings.